The van der Waals surface area contributed by atoms with Gasteiger partial charge < -0.3 is 10.1 Å². The number of nitrogens with one attached hydrogen (secondary N) is 1. The highest BCUT2D eigenvalue weighted by molar-refractivity contribution is 7.18. The first-order chi connectivity index (χ1) is 12.4. The molecule has 0 fully saturated rings. The lowest BCUT2D eigenvalue weighted by molar-refractivity contribution is -0.118. The van der Waals surface area contributed by atoms with E-state index in [9.17, 15) is 9.59 Å². The van der Waals surface area contributed by atoms with Gasteiger partial charge in [0.1, 0.15) is 16.6 Å². The molecule has 0 saturated heterocycles. The molecule has 0 aliphatic heterocycles. The zero-order valence-corrected chi connectivity index (χ0v) is 16.0. The lowest BCUT2D eigenvalue weighted by atomic mass is 10.2. The quantitative estimate of drug-likeness (QED) is 0.743. The van der Waals surface area contributed by atoms with E-state index in [1.54, 1.807) is 19.1 Å². The van der Waals surface area contributed by atoms with Crippen LogP contribution in [0.3, 0.4) is 0 Å². The molecule has 0 radical (unpaired) electrons. The Morgan fingerprint density at radius 1 is 1.35 bits per heavy atom. The second-order valence-electron chi connectivity index (χ2n) is 6.01. The van der Waals surface area contributed by atoms with Crippen LogP contribution in [0, 0.1) is 13.8 Å². The van der Waals surface area contributed by atoms with Crippen LogP contribution in [0.4, 0.5) is 5.69 Å². The molecule has 1 amide bonds. The molecule has 3 aromatic rings. The van der Waals surface area contributed by atoms with E-state index in [1.165, 1.54) is 22.2 Å². The topological polar surface area (TPSA) is 73.2 Å². The average molecular weight is 371 g/mol. The maximum atomic E-state index is 12.9. The molecule has 0 spiro atoms. The summed E-state index contributed by atoms with van der Waals surface area (Å²) < 4.78 is 6.90. The van der Waals surface area contributed by atoms with Crippen LogP contribution in [0.15, 0.2) is 35.4 Å². The minimum Gasteiger partial charge on any atom is -0.492 e. The van der Waals surface area contributed by atoms with Crippen LogP contribution in [0.1, 0.15) is 30.3 Å². The fourth-order valence-corrected chi connectivity index (χ4v) is 3.73. The second kappa shape index (κ2) is 7.29. The predicted octanol–water partition coefficient (Wildman–Crippen LogP) is 3.67. The number of aryl methyl sites for hydroxylation is 2. The Morgan fingerprint density at radius 2 is 2.08 bits per heavy atom. The monoisotopic (exact) mass is 371 g/mol. The highest BCUT2D eigenvalue weighted by Gasteiger charge is 2.20. The summed E-state index contributed by atoms with van der Waals surface area (Å²) in [5, 5.41) is 3.43. The van der Waals surface area contributed by atoms with Crippen molar-refractivity contribution in [3.63, 3.8) is 0 Å². The fourth-order valence-electron chi connectivity index (χ4n) is 2.74. The van der Waals surface area contributed by atoms with E-state index < -0.39 is 6.04 Å². The number of fused-ring (bicyclic) bond motifs is 1. The van der Waals surface area contributed by atoms with Gasteiger partial charge in [-0.15, -0.1) is 11.3 Å². The number of aromatic nitrogens is 2. The van der Waals surface area contributed by atoms with Gasteiger partial charge in [-0.2, -0.15) is 0 Å². The number of rotatable bonds is 5. The maximum Gasteiger partial charge on any atom is 0.263 e. The number of hydrogen-bond acceptors (Lipinski definition) is 5. The Hall–Kier alpha value is -2.67. The van der Waals surface area contributed by atoms with Gasteiger partial charge in [0.15, 0.2) is 0 Å². The summed E-state index contributed by atoms with van der Waals surface area (Å²) in [7, 11) is 0. The molecule has 6 nitrogen and oxygen atoms in total. The normalized spacial score (nSPS) is 12.2. The van der Waals surface area contributed by atoms with Gasteiger partial charge in [-0.1, -0.05) is 12.1 Å². The van der Waals surface area contributed by atoms with E-state index in [0.29, 0.717) is 28.3 Å². The highest BCUT2D eigenvalue weighted by atomic mass is 32.1. The first-order valence-electron chi connectivity index (χ1n) is 8.43. The summed E-state index contributed by atoms with van der Waals surface area (Å²) >= 11 is 1.49. The number of amides is 1. The van der Waals surface area contributed by atoms with Crippen molar-refractivity contribution in [2.24, 2.45) is 0 Å². The molecule has 0 aliphatic rings. The zero-order chi connectivity index (χ0) is 18.8. The van der Waals surface area contributed by atoms with Gasteiger partial charge in [0.2, 0.25) is 5.91 Å². The third-order valence-corrected chi connectivity index (χ3v) is 5.47. The van der Waals surface area contributed by atoms with Crippen molar-refractivity contribution in [3.8, 4) is 5.75 Å². The molecule has 1 aromatic carbocycles. The van der Waals surface area contributed by atoms with E-state index in [-0.39, 0.29) is 11.5 Å². The van der Waals surface area contributed by atoms with Crippen molar-refractivity contribution in [1.29, 1.82) is 0 Å². The number of anilines is 1. The Morgan fingerprint density at radius 3 is 2.81 bits per heavy atom. The average Bonchev–Trinajstić information content (AvgIpc) is 2.91. The largest absolute Gasteiger partial charge is 0.492 e. The molecule has 2 aromatic heterocycles. The summed E-state index contributed by atoms with van der Waals surface area (Å²) in [6.07, 6.45) is 1.44. The second-order valence-corrected chi connectivity index (χ2v) is 7.22. The molecule has 1 atom stereocenters. The number of carbonyl (C=O) groups is 1. The number of carbonyl (C=O) groups excluding carboxylic acids is 1. The molecule has 0 saturated carbocycles. The van der Waals surface area contributed by atoms with Crippen molar-refractivity contribution in [1.82, 2.24) is 9.55 Å². The smallest absolute Gasteiger partial charge is 0.263 e. The number of nitrogens with zero attached hydrogens (tertiary/aromatic N) is 2. The minimum atomic E-state index is -0.700. The molecular weight excluding hydrogens is 350 g/mol. The van der Waals surface area contributed by atoms with Crippen LogP contribution in [-0.4, -0.2) is 22.1 Å². The van der Waals surface area contributed by atoms with Gasteiger partial charge in [0.25, 0.3) is 5.56 Å². The molecule has 0 aliphatic carbocycles. The summed E-state index contributed by atoms with van der Waals surface area (Å²) in [4.78, 5) is 31.7. The number of hydrogen-bond donors (Lipinski definition) is 1. The van der Waals surface area contributed by atoms with E-state index in [0.717, 1.165) is 10.4 Å². The molecule has 0 unspecified atom stereocenters. The number of para-hydroxylation sites is 2. The summed E-state index contributed by atoms with van der Waals surface area (Å²) in [6.45, 7) is 7.94. The van der Waals surface area contributed by atoms with Gasteiger partial charge in [0, 0.05) is 4.88 Å². The molecule has 26 heavy (non-hydrogen) atoms. The first kappa shape index (κ1) is 18.1. The Kier molecular flexibility index (Phi) is 5.08. The number of benzene rings is 1. The number of thiophene rings is 1. The van der Waals surface area contributed by atoms with Gasteiger partial charge in [-0.3, -0.25) is 14.2 Å². The molecule has 0 bridgehead atoms. The van der Waals surface area contributed by atoms with Crippen LogP contribution >= 0.6 is 11.3 Å². The Balaban J connectivity index is 1.92. The SMILES string of the molecule is CCOc1ccccc1NC(=O)[C@H](C)n1cnc2sc(C)c(C)c2c1=O. The van der Waals surface area contributed by atoms with Gasteiger partial charge in [-0.25, -0.2) is 4.98 Å². The third kappa shape index (κ3) is 3.22. The maximum absolute atomic E-state index is 12.9. The minimum absolute atomic E-state index is 0.197. The standard InChI is InChI=1S/C19H21N3O3S/c1-5-25-15-9-7-6-8-14(15)21-17(23)12(3)22-10-20-18-16(19(22)24)11(2)13(4)26-18/h6-10,12H,5H2,1-4H3,(H,21,23)/t12-/m0/s1. The molecule has 3 rings (SSSR count). The van der Waals surface area contributed by atoms with Crippen LogP contribution in [0.25, 0.3) is 10.2 Å². The van der Waals surface area contributed by atoms with Crippen LogP contribution < -0.4 is 15.6 Å². The van der Waals surface area contributed by atoms with Crippen LogP contribution in [-0.2, 0) is 4.79 Å². The van der Waals surface area contributed by atoms with E-state index in [1.807, 2.05) is 32.9 Å². The summed E-state index contributed by atoms with van der Waals surface area (Å²) in [5.41, 5.74) is 1.31. The van der Waals surface area contributed by atoms with Crippen molar-refractivity contribution >= 4 is 33.1 Å². The molecule has 1 N–H and O–H groups in total. The lowest BCUT2D eigenvalue weighted by Crippen LogP contribution is -2.31. The summed E-state index contributed by atoms with van der Waals surface area (Å²) in [6, 6.07) is 6.52. The van der Waals surface area contributed by atoms with Crippen LogP contribution in [0.5, 0.6) is 5.75 Å². The number of ether oxygens (including phenoxy) is 1. The van der Waals surface area contributed by atoms with Gasteiger partial charge in [-0.05, 0) is 45.4 Å². The van der Waals surface area contributed by atoms with Crippen molar-refractivity contribution in [2.75, 3.05) is 11.9 Å². The van der Waals surface area contributed by atoms with E-state index in [2.05, 4.69) is 10.3 Å². The van der Waals surface area contributed by atoms with Crippen molar-refractivity contribution < 1.29 is 9.53 Å². The van der Waals surface area contributed by atoms with Gasteiger partial charge in [0.05, 0.1) is 24.0 Å². The molecular formula is C19H21N3O3S. The zero-order valence-electron chi connectivity index (χ0n) is 15.2. The van der Waals surface area contributed by atoms with Crippen LogP contribution in [0.2, 0.25) is 0 Å². The fraction of sp³-hybridized carbons (Fsp3) is 0.316. The Labute approximate surface area is 155 Å². The highest BCUT2D eigenvalue weighted by Crippen LogP contribution is 2.27. The van der Waals surface area contributed by atoms with E-state index >= 15 is 0 Å². The first-order valence-corrected chi connectivity index (χ1v) is 9.25. The third-order valence-electron chi connectivity index (χ3n) is 4.36. The van der Waals surface area contributed by atoms with Crippen molar-refractivity contribution in [3.05, 3.63) is 51.4 Å². The Bertz CT molecular complexity index is 1020. The van der Waals surface area contributed by atoms with Crippen molar-refractivity contribution in [2.45, 2.75) is 33.7 Å². The lowest BCUT2D eigenvalue weighted by Gasteiger charge is -2.16. The molecule has 136 valence electrons. The molecule has 7 heteroatoms. The predicted molar refractivity (Wildman–Crippen MR) is 104 cm³/mol. The van der Waals surface area contributed by atoms with Gasteiger partial charge >= 0.3 is 0 Å². The summed E-state index contributed by atoms with van der Waals surface area (Å²) in [5.74, 6) is 0.297. The van der Waals surface area contributed by atoms with E-state index in [4.69, 9.17) is 4.74 Å². The molecule has 2 heterocycles.